The fraction of sp³-hybridized carbons (Fsp3) is 0.294. The molecule has 128 valence electrons. The van der Waals surface area contributed by atoms with Crippen LogP contribution in [0.3, 0.4) is 0 Å². The third kappa shape index (κ3) is 3.05. The average Bonchev–Trinajstić information content (AvgIpc) is 2.52. The zero-order valence-electron chi connectivity index (χ0n) is 13.8. The van der Waals surface area contributed by atoms with Crippen LogP contribution in [0.2, 0.25) is 0 Å². The quantitative estimate of drug-likeness (QED) is 0.758. The van der Waals surface area contributed by atoms with Gasteiger partial charge in [0.15, 0.2) is 0 Å². The van der Waals surface area contributed by atoms with E-state index in [-0.39, 0.29) is 11.1 Å². The first kappa shape index (κ1) is 17.4. The van der Waals surface area contributed by atoms with E-state index in [1.54, 1.807) is 32.0 Å². The van der Waals surface area contributed by atoms with Crippen LogP contribution in [0, 0.1) is 0 Å². The van der Waals surface area contributed by atoms with Gasteiger partial charge in [-0.3, -0.25) is 0 Å². The molecule has 0 unspecified atom stereocenters. The number of rotatable bonds is 5. The van der Waals surface area contributed by atoms with Crippen LogP contribution in [-0.2, 0) is 9.59 Å². The number of nitrogens with one attached hydrogen (secondary N) is 1. The Kier molecular flexibility index (Phi) is 4.82. The summed E-state index contributed by atoms with van der Waals surface area (Å²) in [4.78, 5) is 23.5. The molecule has 2 rings (SSSR count). The molecular weight excluding hydrogens is 314 g/mol. The SMILES string of the molecule is COc1cc(OC)cc(C2C(C(=O)O)=C(C)NC(C)=C2C(=O)O)c1. The zero-order chi connectivity index (χ0) is 18.0. The van der Waals surface area contributed by atoms with E-state index < -0.39 is 17.9 Å². The lowest BCUT2D eigenvalue weighted by molar-refractivity contribution is -0.133. The average molecular weight is 333 g/mol. The van der Waals surface area contributed by atoms with Gasteiger partial charge in [0.2, 0.25) is 0 Å². The molecule has 1 aromatic rings. The van der Waals surface area contributed by atoms with Gasteiger partial charge in [0.05, 0.1) is 31.3 Å². The lowest BCUT2D eigenvalue weighted by Gasteiger charge is -2.29. The summed E-state index contributed by atoms with van der Waals surface area (Å²) >= 11 is 0. The molecule has 0 aliphatic carbocycles. The highest BCUT2D eigenvalue weighted by Gasteiger charge is 2.36. The number of hydrogen-bond donors (Lipinski definition) is 3. The topological polar surface area (TPSA) is 105 Å². The molecule has 0 atom stereocenters. The molecule has 0 bridgehead atoms. The highest BCUT2D eigenvalue weighted by molar-refractivity contribution is 5.98. The number of carboxylic acid groups (broad SMARTS) is 2. The van der Waals surface area contributed by atoms with Crippen molar-refractivity contribution < 1.29 is 29.3 Å². The van der Waals surface area contributed by atoms with Crippen LogP contribution in [0.1, 0.15) is 25.3 Å². The van der Waals surface area contributed by atoms with Crippen molar-refractivity contribution >= 4 is 11.9 Å². The number of aliphatic carboxylic acids is 2. The van der Waals surface area contributed by atoms with Gasteiger partial charge < -0.3 is 25.0 Å². The predicted molar refractivity (Wildman–Crippen MR) is 86.1 cm³/mol. The van der Waals surface area contributed by atoms with Crippen LogP contribution in [0.4, 0.5) is 0 Å². The molecule has 0 saturated carbocycles. The number of dihydropyridines is 1. The minimum absolute atomic E-state index is 0.0201. The number of carboxylic acids is 2. The molecule has 0 fully saturated rings. The Bertz CT molecular complexity index is 704. The van der Waals surface area contributed by atoms with E-state index in [2.05, 4.69) is 5.32 Å². The summed E-state index contributed by atoms with van der Waals surface area (Å²) in [5, 5.41) is 22.0. The third-order valence-corrected chi connectivity index (χ3v) is 3.93. The Morgan fingerprint density at radius 1 is 0.917 bits per heavy atom. The lowest BCUT2D eigenvalue weighted by atomic mass is 9.80. The van der Waals surface area contributed by atoms with E-state index in [1.165, 1.54) is 14.2 Å². The fourth-order valence-corrected chi connectivity index (χ4v) is 2.89. The summed E-state index contributed by atoms with van der Waals surface area (Å²) in [7, 11) is 2.94. The van der Waals surface area contributed by atoms with Gasteiger partial charge in [-0.1, -0.05) is 0 Å². The summed E-state index contributed by atoms with van der Waals surface area (Å²) < 4.78 is 10.4. The molecule has 24 heavy (non-hydrogen) atoms. The Balaban J connectivity index is 2.75. The van der Waals surface area contributed by atoms with Crippen molar-refractivity contribution in [3.63, 3.8) is 0 Å². The Morgan fingerprint density at radius 3 is 1.67 bits per heavy atom. The number of hydrogen-bond acceptors (Lipinski definition) is 5. The molecule has 0 radical (unpaired) electrons. The highest BCUT2D eigenvalue weighted by atomic mass is 16.5. The van der Waals surface area contributed by atoms with Crippen molar-refractivity contribution in [2.45, 2.75) is 19.8 Å². The van der Waals surface area contributed by atoms with E-state index in [9.17, 15) is 19.8 Å². The van der Waals surface area contributed by atoms with Crippen molar-refractivity contribution in [3.05, 3.63) is 46.3 Å². The Morgan fingerprint density at radius 2 is 1.33 bits per heavy atom. The van der Waals surface area contributed by atoms with Crippen molar-refractivity contribution in [1.29, 1.82) is 0 Å². The summed E-state index contributed by atoms with van der Waals surface area (Å²) in [6.45, 7) is 3.21. The van der Waals surface area contributed by atoms with Crippen molar-refractivity contribution in [2.24, 2.45) is 0 Å². The van der Waals surface area contributed by atoms with Crippen LogP contribution >= 0.6 is 0 Å². The molecule has 0 saturated heterocycles. The van der Waals surface area contributed by atoms with Gasteiger partial charge >= 0.3 is 11.9 Å². The maximum absolute atomic E-state index is 11.8. The monoisotopic (exact) mass is 333 g/mol. The molecular formula is C17H19NO6. The molecule has 7 nitrogen and oxygen atoms in total. The third-order valence-electron chi connectivity index (χ3n) is 3.93. The van der Waals surface area contributed by atoms with Gasteiger partial charge in [-0.05, 0) is 31.5 Å². The fourth-order valence-electron chi connectivity index (χ4n) is 2.89. The van der Waals surface area contributed by atoms with Crippen LogP contribution in [0.25, 0.3) is 0 Å². The largest absolute Gasteiger partial charge is 0.497 e. The summed E-state index contributed by atoms with van der Waals surface area (Å²) in [5.41, 5.74) is 1.23. The molecule has 0 amide bonds. The summed E-state index contributed by atoms with van der Waals surface area (Å²) in [6, 6.07) is 4.87. The maximum atomic E-state index is 11.8. The molecule has 1 aliphatic rings. The normalized spacial score (nSPS) is 15.2. The molecule has 7 heteroatoms. The highest BCUT2D eigenvalue weighted by Crippen LogP contribution is 2.40. The minimum Gasteiger partial charge on any atom is -0.497 e. The second kappa shape index (κ2) is 6.66. The molecule has 1 aromatic carbocycles. The Labute approximate surface area is 139 Å². The van der Waals surface area contributed by atoms with Crippen molar-refractivity contribution in [3.8, 4) is 11.5 Å². The second-order valence-corrected chi connectivity index (χ2v) is 5.39. The first-order chi connectivity index (χ1) is 11.3. The van der Waals surface area contributed by atoms with Crippen LogP contribution < -0.4 is 14.8 Å². The molecule has 0 aromatic heterocycles. The van der Waals surface area contributed by atoms with E-state index in [4.69, 9.17) is 9.47 Å². The van der Waals surface area contributed by atoms with Gasteiger partial charge in [0.25, 0.3) is 0 Å². The van der Waals surface area contributed by atoms with Crippen molar-refractivity contribution in [1.82, 2.24) is 5.32 Å². The number of carbonyl (C=O) groups is 2. The van der Waals surface area contributed by atoms with E-state index in [0.29, 0.717) is 28.5 Å². The second-order valence-electron chi connectivity index (χ2n) is 5.39. The Hall–Kier alpha value is -2.96. The number of allylic oxidation sites excluding steroid dienone is 2. The van der Waals surface area contributed by atoms with Crippen LogP contribution in [0.5, 0.6) is 11.5 Å². The minimum atomic E-state index is -1.18. The van der Waals surface area contributed by atoms with Crippen LogP contribution in [0.15, 0.2) is 40.7 Å². The van der Waals surface area contributed by atoms with Gasteiger partial charge in [0, 0.05) is 17.5 Å². The number of ether oxygens (including phenoxy) is 2. The first-order valence-electron chi connectivity index (χ1n) is 7.18. The zero-order valence-corrected chi connectivity index (χ0v) is 13.8. The van der Waals surface area contributed by atoms with Crippen LogP contribution in [-0.4, -0.2) is 36.4 Å². The summed E-state index contributed by atoms with van der Waals surface area (Å²) in [6.07, 6.45) is 0. The molecule has 1 heterocycles. The van der Waals surface area contributed by atoms with E-state index in [1.807, 2.05) is 0 Å². The molecule has 1 aliphatic heterocycles. The van der Waals surface area contributed by atoms with E-state index in [0.717, 1.165) is 0 Å². The molecule has 3 N–H and O–H groups in total. The smallest absolute Gasteiger partial charge is 0.334 e. The summed E-state index contributed by atoms with van der Waals surface area (Å²) in [5.74, 6) is -2.40. The number of methoxy groups -OCH3 is 2. The molecule has 0 spiro atoms. The predicted octanol–water partition coefficient (Wildman–Crippen LogP) is 2.11. The lowest BCUT2D eigenvalue weighted by Crippen LogP contribution is -2.31. The van der Waals surface area contributed by atoms with E-state index >= 15 is 0 Å². The standard InChI is InChI=1S/C17H19NO6/c1-8-13(16(19)20)15(14(17(21)22)9(2)18-8)10-5-11(23-3)7-12(6-10)24-4/h5-7,15,18H,1-4H3,(H,19,20)(H,21,22). The van der Waals surface area contributed by atoms with Crippen molar-refractivity contribution in [2.75, 3.05) is 14.2 Å². The number of benzene rings is 1. The van der Waals surface area contributed by atoms with Gasteiger partial charge in [-0.25, -0.2) is 9.59 Å². The first-order valence-corrected chi connectivity index (χ1v) is 7.18. The van der Waals surface area contributed by atoms with Gasteiger partial charge in [-0.2, -0.15) is 0 Å². The van der Waals surface area contributed by atoms with Gasteiger partial charge in [-0.15, -0.1) is 0 Å². The maximum Gasteiger partial charge on any atom is 0.334 e. The van der Waals surface area contributed by atoms with Gasteiger partial charge in [0.1, 0.15) is 11.5 Å².